The van der Waals surface area contributed by atoms with Gasteiger partial charge in [0.25, 0.3) is 10.0 Å². The predicted octanol–water partition coefficient (Wildman–Crippen LogP) is 6.37. The van der Waals surface area contributed by atoms with Crippen LogP contribution in [0.3, 0.4) is 0 Å². The Labute approximate surface area is 264 Å². The van der Waals surface area contributed by atoms with Gasteiger partial charge in [0.15, 0.2) is 0 Å². The summed E-state index contributed by atoms with van der Waals surface area (Å²) in [6.07, 6.45) is 4.94. The first-order valence-corrected chi connectivity index (χ1v) is 16.5. The van der Waals surface area contributed by atoms with Crippen LogP contribution in [0.2, 0.25) is 10.0 Å². The Bertz CT molecular complexity index is 1520. The number of rotatable bonds is 11. The number of para-hydroxylation sites is 2. The molecule has 1 N–H and O–H groups in total. The number of aryl methyl sites for hydroxylation is 1. The van der Waals surface area contributed by atoms with Gasteiger partial charge in [0.2, 0.25) is 11.8 Å². The lowest BCUT2D eigenvalue weighted by molar-refractivity contribution is -0.139. The van der Waals surface area contributed by atoms with Gasteiger partial charge >= 0.3 is 0 Å². The fraction of sp³-hybridized carbons (Fsp3) is 0.375. The molecule has 0 bridgehead atoms. The van der Waals surface area contributed by atoms with Crippen LogP contribution >= 0.6 is 23.2 Å². The van der Waals surface area contributed by atoms with Crippen LogP contribution in [0.25, 0.3) is 0 Å². The van der Waals surface area contributed by atoms with E-state index in [9.17, 15) is 18.0 Å². The topological polar surface area (TPSA) is 96.0 Å². The largest absolute Gasteiger partial charge is 0.495 e. The van der Waals surface area contributed by atoms with Crippen molar-refractivity contribution in [3.8, 4) is 5.75 Å². The van der Waals surface area contributed by atoms with Crippen LogP contribution in [0.15, 0.2) is 71.6 Å². The fourth-order valence-corrected chi connectivity index (χ4v) is 7.13. The Morgan fingerprint density at radius 1 is 0.953 bits per heavy atom. The molecule has 3 aromatic carbocycles. The van der Waals surface area contributed by atoms with Crippen molar-refractivity contribution in [3.63, 3.8) is 0 Å². The Hall–Kier alpha value is -3.27. The van der Waals surface area contributed by atoms with E-state index in [0.717, 1.165) is 42.0 Å². The van der Waals surface area contributed by atoms with Crippen molar-refractivity contribution in [3.05, 3.63) is 87.9 Å². The molecular weight excluding hydrogens is 609 g/mol. The molecule has 1 aliphatic rings. The van der Waals surface area contributed by atoms with Gasteiger partial charge in [0.1, 0.15) is 18.3 Å². The average Bonchev–Trinajstić information content (AvgIpc) is 3.00. The lowest BCUT2D eigenvalue weighted by Gasteiger charge is -2.33. The molecule has 1 aliphatic carbocycles. The third kappa shape index (κ3) is 7.82. The van der Waals surface area contributed by atoms with Gasteiger partial charge < -0.3 is 15.0 Å². The second-order valence-corrected chi connectivity index (χ2v) is 13.4. The maximum absolute atomic E-state index is 14.2. The average molecular weight is 647 g/mol. The quantitative estimate of drug-likeness (QED) is 0.261. The Balaban J connectivity index is 1.74. The lowest BCUT2D eigenvalue weighted by Crippen LogP contribution is -2.53. The number of carbonyl (C=O) groups is 2. The van der Waals surface area contributed by atoms with Crippen LogP contribution in [-0.4, -0.2) is 50.9 Å². The first kappa shape index (κ1) is 32.6. The zero-order chi connectivity index (χ0) is 31.1. The smallest absolute Gasteiger partial charge is 0.264 e. The number of nitrogens with one attached hydrogen (secondary N) is 1. The van der Waals surface area contributed by atoms with Crippen LogP contribution in [0, 0.1) is 6.92 Å². The molecule has 11 heteroatoms. The van der Waals surface area contributed by atoms with Crippen LogP contribution in [0.1, 0.15) is 50.2 Å². The van der Waals surface area contributed by atoms with Crippen LogP contribution in [-0.2, 0) is 26.2 Å². The summed E-state index contributed by atoms with van der Waals surface area (Å²) in [6, 6.07) is 17.0. The number of sulfonamides is 1. The molecule has 0 spiro atoms. The molecule has 2 amide bonds. The molecule has 4 rings (SSSR count). The van der Waals surface area contributed by atoms with Gasteiger partial charge in [0, 0.05) is 28.2 Å². The first-order chi connectivity index (χ1) is 20.5. The summed E-state index contributed by atoms with van der Waals surface area (Å²) in [4.78, 5) is 29.1. The van der Waals surface area contributed by atoms with E-state index >= 15 is 0 Å². The highest BCUT2D eigenvalue weighted by Crippen LogP contribution is 2.33. The Kier molecular flexibility index (Phi) is 11.0. The number of halogens is 2. The number of nitrogens with zero attached hydrogens (tertiary/aromatic N) is 2. The van der Waals surface area contributed by atoms with Gasteiger partial charge in [-0.25, -0.2) is 8.42 Å². The minimum atomic E-state index is -4.24. The molecule has 1 saturated carbocycles. The van der Waals surface area contributed by atoms with Crippen LogP contribution in [0.5, 0.6) is 5.75 Å². The Morgan fingerprint density at radius 3 is 2.21 bits per heavy atom. The number of carbonyl (C=O) groups excluding carboxylic acids is 2. The van der Waals surface area contributed by atoms with Gasteiger partial charge in [-0.15, -0.1) is 0 Å². The van der Waals surface area contributed by atoms with Crippen molar-refractivity contribution in [2.24, 2.45) is 0 Å². The molecule has 0 radical (unpaired) electrons. The fourth-order valence-electron chi connectivity index (χ4n) is 5.19. The van der Waals surface area contributed by atoms with Crippen molar-refractivity contribution in [2.45, 2.75) is 69.5 Å². The highest BCUT2D eigenvalue weighted by Gasteiger charge is 2.34. The van der Waals surface area contributed by atoms with E-state index in [2.05, 4.69) is 5.32 Å². The molecule has 0 saturated heterocycles. The van der Waals surface area contributed by atoms with E-state index in [1.165, 1.54) is 24.1 Å². The minimum absolute atomic E-state index is 0.0144. The van der Waals surface area contributed by atoms with E-state index in [1.807, 2.05) is 6.92 Å². The van der Waals surface area contributed by atoms with Crippen molar-refractivity contribution in [1.29, 1.82) is 0 Å². The van der Waals surface area contributed by atoms with E-state index in [4.69, 9.17) is 27.9 Å². The minimum Gasteiger partial charge on any atom is -0.495 e. The summed E-state index contributed by atoms with van der Waals surface area (Å²) in [5.74, 6) is -0.660. The summed E-state index contributed by atoms with van der Waals surface area (Å²) < 4.78 is 34.7. The van der Waals surface area contributed by atoms with E-state index < -0.39 is 28.5 Å². The molecule has 230 valence electrons. The van der Waals surface area contributed by atoms with E-state index in [-0.39, 0.29) is 34.8 Å². The normalized spacial score (nSPS) is 14.5. The molecule has 8 nitrogen and oxygen atoms in total. The molecule has 1 atom stereocenters. The third-order valence-corrected chi connectivity index (χ3v) is 10.2. The van der Waals surface area contributed by atoms with Crippen molar-refractivity contribution < 1.29 is 22.7 Å². The number of amides is 2. The van der Waals surface area contributed by atoms with Gasteiger partial charge in [-0.2, -0.15) is 0 Å². The number of hydrogen-bond donors (Lipinski definition) is 1. The lowest BCUT2D eigenvalue weighted by atomic mass is 9.95. The number of ether oxygens (including phenoxy) is 1. The molecule has 0 unspecified atom stereocenters. The SMILES string of the molecule is COc1ccccc1N(CC(=O)N(Cc1c(Cl)cccc1Cl)[C@@H](C)C(=O)NC1CCCCC1)S(=O)(=O)c1ccc(C)cc1. The second-order valence-electron chi connectivity index (χ2n) is 10.7. The number of benzene rings is 3. The van der Waals surface area contributed by atoms with E-state index in [0.29, 0.717) is 15.6 Å². The van der Waals surface area contributed by atoms with Crippen LogP contribution < -0.4 is 14.4 Å². The molecule has 0 heterocycles. The van der Waals surface area contributed by atoms with E-state index in [1.54, 1.807) is 61.5 Å². The molecule has 43 heavy (non-hydrogen) atoms. The molecular formula is C32H37Cl2N3O5S. The van der Waals surface area contributed by atoms with Crippen molar-refractivity contribution >= 4 is 50.7 Å². The predicted molar refractivity (Wildman–Crippen MR) is 170 cm³/mol. The highest BCUT2D eigenvalue weighted by molar-refractivity contribution is 7.92. The molecule has 0 aliphatic heterocycles. The summed E-state index contributed by atoms with van der Waals surface area (Å²) in [5.41, 5.74) is 1.54. The highest BCUT2D eigenvalue weighted by atomic mass is 35.5. The zero-order valence-electron chi connectivity index (χ0n) is 24.6. The Morgan fingerprint density at radius 2 is 1.58 bits per heavy atom. The summed E-state index contributed by atoms with van der Waals surface area (Å²) in [5, 5.41) is 3.75. The number of hydrogen-bond acceptors (Lipinski definition) is 5. The standard InChI is InChI=1S/C32H37Cl2N3O5S/c1-22-16-18-25(19-17-22)43(40,41)37(29-14-7-8-15-30(29)42-3)21-31(38)36(20-26-27(33)12-9-13-28(26)34)23(2)32(39)35-24-10-5-4-6-11-24/h7-9,12-19,23-24H,4-6,10-11,20-21H2,1-3H3,(H,35,39)/t23-/m0/s1. The summed E-state index contributed by atoms with van der Waals surface area (Å²) in [7, 11) is -2.81. The first-order valence-electron chi connectivity index (χ1n) is 14.3. The molecule has 1 fully saturated rings. The zero-order valence-corrected chi connectivity index (χ0v) is 26.9. The number of methoxy groups -OCH3 is 1. The second kappa shape index (κ2) is 14.5. The van der Waals surface area contributed by atoms with Crippen LogP contribution in [0.4, 0.5) is 5.69 Å². The third-order valence-electron chi connectivity index (χ3n) is 7.75. The maximum atomic E-state index is 14.2. The summed E-state index contributed by atoms with van der Waals surface area (Å²) in [6.45, 7) is 2.79. The molecule has 3 aromatic rings. The van der Waals surface area contributed by atoms with Gasteiger partial charge in [-0.1, -0.05) is 78.4 Å². The van der Waals surface area contributed by atoms with Gasteiger partial charge in [-0.3, -0.25) is 13.9 Å². The maximum Gasteiger partial charge on any atom is 0.264 e. The van der Waals surface area contributed by atoms with Gasteiger partial charge in [-0.05, 0) is 63.1 Å². The van der Waals surface area contributed by atoms with Crippen molar-refractivity contribution in [1.82, 2.24) is 10.2 Å². The summed E-state index contributed by atoms with van der Waals surface area (Å²) >= 11 is 13.0. The molecule has 0 aromatic heterocycles. The monoisotopic (exact) mass is 645 g/mol. The van der Waals surface area contributed by atoms with Gasteiger partial charge in [0.05, 0.1) is 17.7 Å². The van der Waals surface area contributed by atoms with Crippen molar-refractivity contribution in [2.75, 3.05) is 18.0 Å². The number of anilines is 1.